The van der Waals surface area contributed by atoms with Gasteiger partial charge in [-0.05, 0) is 54.0 Å². The smallest absolute Gasteiger partial charge is 0.0350 e. The molecule has 0 saturated carbocycles. The van der Waals surface area contributed by atoms with Gasteiger partial charge in [0.1, 0.15) is 0 Å². The summed E-state index contributed by atoms with van der Waals surface area (Å²) >= 11 is 4.01. The first-order chi connectivity index (χ1) is 11.3. The van der Waals surface area contributed by atoms with Crippen molar-refractivity contribution in [3.05, 3.63) is 55.4 Å². The second-order valence-electron chi connectivity index (χ2n) is 8.23. The topological polar surface area (TPSA) is 0 Å². The van der Waals surface area contributed by atoms with Gasteiger partial charge in [0.15, 0.2) is 0 Å². The molecule has 0 N–H and O–H groups in total. The molecular formula is C22H26S2. The van der Waals surface area contributed by atoms with Crippen LogP contribution in [0.4, 0.5) is 0 Å². The minimum atomic E-state index is 0.196. The van der Waals surface area contributed by atoms with E-state index in [0.29, 0.717) is 17.8 Å². The van der Waals surface area contributed by atoms with Crippen molar-refractivity contribution in [3.63, 3.8) is 0 Å². The average molecular weight is 355 g/mol. The van der Waals surface area contributed by atoms with E-state index in [9.17, 15) is 0 Å². The van der Waals surface area contributed by atoms with Crippen molar-refractivity contribution in [2.45, 2.75) is 47.5 Å². The van der Waals surface area contributed by atoms with E-state index in [1.165, 1.54) is 26.5 Å². The largest absolute Gasteiger partial charge is 0.144 e. The third-order valence-corrected chi connectivity index (χ3v) is 7.95. The van der Waals surface area contributed by atoms with Gasteiger partial charge in [-0.15, -0.1) is 22.7 Å². The highest BCUT2D eigenvalue weighted by molar-refractivity contribution is 7.15. The second kappa shape index (κ2) is 5.44. The van der Waals surface area contributed by atoms with E-state index >= 15 is 0 Å². The molecule has 0 aliphatic heterocycles. The molecule has 2 aliphatic carbocycles. The van der Waals surface area contributed by atoms with E-state index in [1.54, 1.807) is 9.75 Å². The van der Waals surface area contributed by atoms with Crippen molar-refractivity contribution in [1.29, 1.82) is 0 Å². The maximum atomic E-state index is 2.52. The van der Waals surface area contributed by atoms with E-state index in [4.69, 9.17) is 0 Å². The van der Waals surface area contributed by atoms with Gasteiger partial charge >= 0.3 is 0 Å². The summed E-state index contributed by atoms with van der Waals surface area (Å²) < 4.78 is 0. The van der Waals surface area contributed by atoms with E-state index in [-0.39, 0.29) is 5.41 Å². The standard InChI is InChI=1S/C22H26S2/c1-12(2)15-7-8-16(11-15)22(5,6)19-20-17(9-13(3)23-20)18-10-14(4)24-21(18)19/h7-12,16,19H,1-6H3. The third kappa shape index (κ3) is 2.30. The van der Waals surface area contributed by atoms with E-state index in [2.05, 4.69) is 71.9 Å². The molecule has 2 aliphatic rings. The molecule has 0 nitrogen and oxygen atoms in total. The van der Waals surface area contributed by atoms with Crippen LogP contribution in [0.15, 0.2) is 35.9 Å². The summed E-state index contributed by atoms with van der Waals surface area (Å²) in [7, 11) is 0. The molecule has 1 atom stereocenters. The first-order valence-electron chi connectivity index (χ1n) is 8.90. The Kier molecular flexibility index (Phi) is 3.71. The molecule has 0 amide bonds. The number of fused-ring (bicyclic) bond motifs is 3. The molecule has 2 heteroatoms. The van der Waals surface area contributed by atoms with Gasteiger partial charge in [-0.1, -0.05) is 45.9 Å². The van der Waals surface area contributed by atoms with Crippen LogP contribution in [-0.2, 0) is 0 Å². The number of thiophene rings is 2. The number of hydrogen-bond acceptors (Lipinski definition) is 2. The van der Waals surface area contributed by atoms with E-state index in [1.807, 2.05) is 22.7 Å². The molecule has 2 aromatic heterocycles. The molecule has 0 radical (unpaired) electrons. The van der Waals surface area contributed by atoms with Crippen LogP contribution in [-0.4, -0.2) is 0 Å². The monoisotopic (exact) mass is 354 g/mol. The van der Waals surface area contributed by atoms with Crippen molar-refractivity contribution in [1.82, 2.24) is 0 Å². The molecule has 2 heterocycles. The summed E-state index contributed by atoms with van der Waals surface area (Å²) in [5.74, 6) is 1.66. The predicted octanol–water partition coefficient (Wildman–Crippen LogP) is 7.33. The van der Waals surface area contributed by atoms with Crippen molar-refractivity contribution in [3.8, 4) is 11.1 Å². The summed E-state index contributed by atoms with van der Waals surface area (Å²) in [4.78, 5) is 6.07. The highest BCUT2D eigenvalue weighted by atomic mass is 32.1. The molecule has 2 aromatic rings. The van der Waals surface area contributed by atoms with Gasteiger partial charge in [-0.2, -0.15) is 0 Å². The van der Waals surface area contributed by atoms with Crippen LogP contribution in [0.2, 0.25) is 0 Å². The van der Waals surface area contributed by atoms with Gasteiger partial charge < -0.3 is 0 Å². The lowest BCUT2D eigenvalue weighted by molar-refractivity contribution is 0.271. The molecular weight excluding hydrogens is 328 g/mol. The van der Waals surface area contributed by atoms with Gasteiger partial charge in [0.2, 0.25) is 0 Å². The molecule has 0 fully saturated rings. The minimum absolute atomic E-state index is 0.196. The highest BCUT2D eigenvalue weighted by Gasteiger charge is 2.45. The Balaban J connectivity index is 1.82. The van der Waals surface area contributed by atoms with Crippen LogP contribution in [0, 0.1) is 31.1 Å². The zero-order valence-electron chi connectivity index (χ0n) is 15.4. The lowest BCUT2D eigenvalue weighted by Gasteiger charge is -2.36. The van der Waals surface area contributed by atoms with Gasteiger partial charge in [-0.3, -0.25) is 0 Å². The predicted molar refractivity (Wildman–Crippen MR) is 108 cm³/mol. The fraction of sp³-hybridized carbons (Fsp3) is 0.455. The molecule has 0 bridgehead atoms. The number of hydrogen-bond donors (Lipinski definition) is 0. The molecule has 1 unspecified atom stereocenters. The van der Waals surface area contributed by atoms with Crippen molar-refractivity contribution < 1.29 is 0 Å². The summed E-state index contributed by atoms with van der Waals surface area (Å²) in [5, 5.41) is 0. The first kappa shape index (κ1) is 16.4. The maximum absolute atomic E-state index is 2.52. The van der Waals surface area contributed by atoms with Gasteiger partial charge in [0, 0.05) is 31.3 Å². The average Bonchev–Trinajstić information content (AvgIpc) is 3.19. The fourth-order valence-corrected chi connectivity index (χ4v) is 7.04. The Labute approximate surface area is 153 Å². The van der Waals surface area contributed by atoms with Gasteiger partial charge in [-0.25, -0.2) is 0 Å². The maximum Gasteiger partial charge on any atom is 0.0350 e. The number of aryl methyl sites for hydroxylation is 2. The number of allylic oxidation sites excluding steroid dienone is 4. The summed E-state index contributed by atoms with van der Waals surface area (Å²) in [5.41, 5.74) is 4.70. The van der Waals surface area contributed by atoms with Crippen LogP contribution >= 0.6 is 22.7 Å². The molecule has 126 valence electrons. The van der Waals surface area contributed by atoms with Crippen LogP contribution in [0.3, 0.4) is 0 Å². The van der Waals surface area contributed by atoms with Crippen molar-refractivity contribution in [2.24, 2.45) is 17.3 Å². The lowest BCUT2D eigenvalue weighted by Crippen LogP contribution is -2.27. The third-order valence-electron chi connectivity index (χ3n) is 5.72. The SMILES string of the molecule is Cc1cc2c(s1)C(C(C)(C)C1C=CC(C(C)C)=C1)c1sc(C)cc1-2. The Morgan fingerprint density at radius 3 is 1.96 bits per heavy atom. The minimum Gasteiger partial charge on any atom is -0.144 e. The lowest BCUT2D eigenvalue weighted by atomic mass is 9.69. The van der Waals surface area contributed by atoms with Crippen LogP contribution in [0.25, 0.3) is 11.1 Å². The highest BCUT2D eigenvalue weighted by Crippen LogP contribution is 2.60. The Morgan fingerprint density at radius 1 is 0.958 bits per heavy atom. The normalized spacial score (nSPS) is 20.0. The summed E-state index contributed by atoms with van der Waals surface area (Å²) in [6, 6.07) is 4.81. The van der Waals surface area contributed by atoms with Crippen molar-refractivity contribution in [2.75, 3.05) is 0 Å². The molecule has 24 heavy (non-hydrogen) atoms. The zero-order valence-corrected chi connectivity index (χ0v) is 17.1. The molecule has 0 saturated heterocycles. The van der Waals surface area contributed by atoms with E-state index < -0.39 is 0 Å². The molecule has 4 rings (SSSR count). The first-order valence-corrected chi connectivity index (χ1v) is 10.5. The Morgan fingerprint density at radius 2 is 1.50 bits per heavy atom. The Bertz CT molecular complexity index is 808. The zero-order chi connectivity index (χ0) is 17.2. The van der Waals surface area contributed by atoms with Crippen LogP contribution < -0.4 is 0 Å². The Hall–Kier alpha value is -1.12. The second-order valence-corrected chi connectivity index (χ2v) is 10.8. The van der Waals surface area contributed by atoms with Gasteiger partial charge in [0.05, 0.1) is 0 Å². The van der Waals surface area contributed by atoms with Crippen LogP contribution in [0.1, 0.15) is 53.1 Å². The van der Waals surface area contributed by atoms with Gasteiger partial charge in [0.25, 0.3) is 0 Å². The van der Waals surface area contributed by atoms with E-state index in [0.717, 1.165) is 0 Å². The quantitative estimate of drug-likeness (QED) is 0.541. The van der Waals surface area contributed by atoms with Crippen LogP contribution in [0.5, 0.6) is 0 Å². The molecule has 0 spiro atoms. The van der Waals surface area contributed by atoms with Crippen molar-refractivity contribution >= 4 is 22.7 Å². The fourth-order valence-electron chi connectivity index (χ4n) is 4.28. The summed E-state index contributed by atoms with van der Waals surface area (Å²) in [6.45, 7) is 14.0. The summed E-state index contributed by atoms with van der Waals surface area (Å²) in [6.07, 6.45) is 7.31. The number of rotatable bonds is 3. The molecule has 0 aromatic carbocycles.